The predicted molar refractivity (Wildman–Crippen MR) is 60.6 cm³/mol. The van der Waals surface area contributed by atoms with Crippen LogP contribution < -0.4 is 9.47 Å². The number of hydrogen-bond acceptors (Lipinski definition) is 4. The van der Waals surface area contributed by atoms with Crippen LogP contribution in [0.3, 0.4) is 0 Å². The molecule has 1 N–H and O–H groups in total. The molecule has 1 aromatic rings. The van der Waals surface area contributed by atoms with Gasteiger partial charge < -0.3 is 14.6 Å². The number of aldehydes is 1. The number of hydrogen-bond donors (Lipinski definition) is 1. The number of phenols is 1. The third kappa shape index (κ3) is 2.10. The van der Waals surface area contributed by atoms with Gasteiger partial charge in [0, 0.05) is 0 Å². The summed E-state index contributed by atoms with van der Waals surface area (Å²) in [5, 5.41) is 9.78. The molecule has 0 radical (unpaired) electrons. The topological polar surface area (TPSA) is 55.8 Å². The quantitative estimate of drug-likeness (QED) is 0.779. The molecule has 16 heavy (non-hydrogen) atoms. The van der Waals surface area contributed by atoms with Gasteiger partial charge in [-0.1, -0.05) is 13.3 Å². The van der Waals surface area contributed by atoms with Gasteiger partial charge in [-0.2, -0.15) is 0 Å². The minimum Gasteiger partial charge on any atom is -0.502 e. The van der Waals surface area contributed by atoms with Crippen LogP contribution in [0.1, 0.15) is 29.3 Å². The molecule has 1 rings (SSSR count). The Morgan fingerprint density at radius 1 is 1.38 bits per heavy atom. The van der Waals surface area contributed by atoms with Crippen LogP contribution in [-0.4, -0.2) is 25.6 Å². The Morgan fingerprint density at radius 3 is 2.50 bits per heavy atom. The number of aryl methyl sites for hydroxylation is 1. The van der Waals surface area contributed by atoms with E-state index in [1.165, 1.54) is 14.2 Å². The fourth-order valence-corrected chi connectivity index (χ4v) is 1.66. The van der Waals surface area contributed by atoms with E-state index in [-0.39, 0.29) is 11.5 Å². The standard InChI is InChI=1S/C12H16O4/c1-4-5-8-6-10(15-2)11(14)12(16-3)9(8)7-13/h6-7,14H,4-5H2,1-3H3. The summed E-state index contributed by atoms with van der Waals surface area (Å²) in [7, 11) is 2.88. The van der Waals surface area contributed by atoms with Crippen LogP contribution in [-0.2, 0) is 6.42 Å². The Kier molecular flexibility index (Phi) is 4.17. The Balaban J connectivity index is 3.42. The van der Waals surface area contributed by atoms with Gasteiger partial charge in [0.05, 0.1) is 19.8 Å². The summed E-state index contributed by atoms with van der Waals surface area (Å²) in [6.45, 7) is 2.01. The smallest absolute Gasteiger partial charge is 0.201 e. The summed E-state index contributed by atoms with van der Waals surface area (Å²) < 4.78 is 10.1. The van der Waals surface area contributed by atoms with Gasteiger partial charge in [-0.3, -0.25) is 4.79 Å². The molecule has 0 unspecified atom stereocenters. The van der Waals surface area contributed by atoms with E-state index in [1.54, 1.807) is 6.07 Å². The first kappa shape index (κ1) is 12.4. The Labute approximate surface area is 94.8 Å². The van der Waals surface area contributed by atoms with Crippen LogP contribution in [0.25, 0.3) is 0 Å². The molecule has 1 aromatic carbocycles. The van der Waals surface area contributed by atoms with Gasteiger partial charge in [-0.25, -0.2) is 0 Å². The normalized spacial score (nSPS) is 9.94. The Morgan fingerprint density at radius 2 is 2.06 bits per heavy atom. The molecule has 0 aliphatic rings. The molecule has 4 heteroatoms. The number of benzene rings is 1. The number of ether oxygens (including phenoxy) is 2. The maximum absolute atomic E-state index is 11.0. The highest BCUT2D eigenvalue weighted by molar-refractivity contribution is 5.85. The van der Waals surface area contributed by atoms with E-state index in [4.69, 9.17) is 9.47 Å². The van der Waals surface area contributed by atoms with Crippen LogP contribution in [0.4, 0.5) is 0 Å². The zero-order valence-corrected chi connectivity index (χ0v) is 9.74. The highest BCUT2D eigenvalue weighted by Crippen LogP contribution is 2.40. The predicted octanol–water partition coefficient (Wildman–Crippen LogP) is 2.17. The van der Waals surface area contributed by atoms with Crippen LogP contribution in [0.2, 0.25) is 0 Å². The summed E-state index contributed by atoms with van der Waals surface area (Å²) in [5.74, 6) is 0.371. The van der Waals surface area contributed by atoms with Crippen LogP contribution in [0, 0.1) is 0 Å². The van der Waals surface area contributed by atoms with Crippen molar-refractivity contribution in [3.05, 3.63) is 17.2 Å². The van der Waals surface area contributed by atoms with Crippen LogP contribution in [0.5, 0.6) is 17.2 Å². The molecule has 0 aliphatic heterocycles. The maximum Gasteiger partial charge on any atom is 0.201 e. The first-order chi connectivity index (χ1) is 7.69. The van der Waals surface area contributed by atoms with E-state index in [0.717, 1.165) is 18.4 Å². The number of rotatable bonds is 5. The molecular weight excluding hydrogens is 208 g/mol. The summed E-state index contributed by atoms with van der Waals surface area (Å²) >= 11 is 0. The Bertz CT molecular complexity index is 385. The van der Waals surface area contributed by atoms with Gasteiger partial charge in [0.15, 0.2) is 17.8 Å². The van der Waals surface area contributed by atoms with Crippen molar-refractivity contribution in [1.29, 1.82) is 0 Å². The largest absolute Gasteiger partial charge is 0.502 e. The van der Waals surface area contributed by atoms with Gasteiger partial charge >= 0.3 is 0 Å². The molecule has 0 atom stereocenters. The molecule has 0 amide bonds. The van der Waals surface area contributed by atoms with Crippen LogP contribution in [0.15, 0.2) is 6.07 Å². The second-order valence-corrected chi connectivity index (χ2v) is 3.40. The van der Waals surface area contributed by atoms with E-state index >= 15 is 0 Å². The molecule has 0 saturated heterocycles. The van der Waals surface area contributed by atoms with Crippen molar-refractivity contribution in [1.82, 2.24) is 0 Å². The second kappa shape index (κ2) is 5.39. The molecule has 0 saturated carbocycles. The average Bonchev–Trinajstić information content (AvgIpc) is 2.30. The van der Waals surface area contributed by atoms with E-state index in [2.05, 4.69) is 0 Å². The van der Waals surface area contributed by atoms with Crippen LogP contribution >= 0.6 is 0 Å². The van der Waals surface area contributed by atoms with Crippen molar-refractivity contribution in [2.45, 2.75) is 19.8 Å². The lowest BCUT2D eigenvalue weighted by molar-refractivity contribution is 0.111. The van der Waals surface area contributed by atoms with Crippen molar-refractivity contribution < 1.29 is 19.4 Å². The summed E-state index contributed by atoms with van der Waals surface area (Å²) in [6.07, 6.45) is 2.34. The maximum atomic E-state index is 11.0. The van der Waals surface area contributed by atoms with Crippen molar-refractivity contribution in [2.24, 2.45) is 0 Å². The van der Waals surface area contributed by atoms with E-state index in [0.29, 0.717) is 17.6 Å². The molecule has 0 fully saturated rings. The minimum atomic E-state index is -0.132. The number of carbonyl (C=O) groups is 1. The zero-order chi connectivity index (χ0) is 12.1. The SMILES string of the molecule is CCCc1cc(OC)c(O)c(OC)c1C=O. The molecule has 0 spiro atoms. The number of carbonyl (C=O) groups excluding carboxylic acids is 1. The van der Waals surface area contributed by atoms with Gasteiger partial charge in [-0.15, -0.1) is 0 Å². The van der Waals surface area contributed by atoms with Crippen molar-refractivity contribution in [3.63, 3.8) is 0 Å². The lowest BCUT2D eigenvalue weighted by atomic mass is 10.0. The highest BCUT2D eigenvalue weighted by atomic mass is 16.5. The van der Waals surface area contributed by atoms with Gasteiger partial charge in [0.2, 0.25) is 5.75 Å². The second-order valence-electron chi connectivity index (χ2n) is 3.40. The number of aromatic hydroxyl groups is 1. The third-order valence-corrected chi connectivity index (χ3v) is 2.41. The fourth-order valence-electron chi connectivity index (χ4n) is 1.66. The first-order valence-electron chi connectivity index (χ1n) is 5.11. The third-order valence-electron chi connectivity index (χ3n) is 2.41. The lowest BCUT2D eigenvalue weighted by Gasteiger charge is -2.14. The molecule has 88 valence electrons. The van der Waals surface area contributed by atoms with E-state index < -0.39 is 0 Å². The Hall–Kier alpha value is -1.71. The van der Waals surface area contributed by atoms with Crippen molar-refractivity contribution in [2.75, 3.05) is 14.2 Å². The summed E-state index contributed by atoms with van der Waals surface area (Å²) in [6, 6.07) is 1.67. The molecule has 4 nitrogen and oxygen atoms in total. The van der Waals surface area contributed by atoms with Crippen molar-refractivity contribution >= 4 is 6.29 Å². The summed E-state index contributed by atoms with van der Waals surface area (Å²) in [4.78, 5) is 11.0. The average molecular weight is 224 g/mol. The molecule has 0 bridgehead atoms. The van der Waals surface area contributed by atoms with Crippen molar-refractivity contribution in [3.8, 4) is 17.2 Å². The monoisotopic (exact) mass is 224 g/mol. The van der Waals surface area contributed by atoms with E-state index in [9.17, 15) is 9.90 Å². The number of methoxy groups -OCH3 is 2. The molecular formula is C12H16O4. The van der Waals surface area contributed by atoms with Gasteiger partial charge in [0.1, 0.15) is 0 Å². The molecule has 0 aromatic heterocycles. The summed E-state index contributed by atoms with van der Waals surface area (Å²) in [5.41, 5.74) is 1.21. The lowest BCUT2D eigenvalue weighted by Crippen LogP contribution is -2.00. The van der Waals surface area contributed by atoms with E-state index in [1.807, 2.05) is 6.92 Å². The zero-order valence-electron chi connectivity index (χ0n) is 9.74. The highest BCUT2D eigenvalue weighted by Gasteiger charge is 2.18. The first-order valence-corrected chi connectivity index (χ1v) is 5.11. The molecule has 0 heterocycles. The molecule has 0 aliphatic carbocycles. The van der Waals surface area contributed by atoms with Gasteiger partial charge in [-0.05, 0) is 18.1 Å². The fraction of sp³-hybridized carbons (Fsp3) is 0.417. The van der Waals surface area contributed by atoms with Gasteiger partial charge in [0.25, 0.3) is 0 Å². The minimum absolute atomic E-state index is 0.132. The number of phenolic OH excluding ortho intramolecular Hbond substituents is 1.